The fraction of sp³-hybridized carbons (Fsp3) is 0.391. The quantitative estimate of drug-likeness (QED) is 0.873. The summed E-state index contributed by atoms with van der Waals surface area (Å²) >= 11 is 0. The monoisotopic (exact) mass is 378 g/mol. The second kappa shape index (κ2) is 6.97. The smallest absolute Gasteiger partial charge is 0.251 e. The molecule has 0 aromatic heterocycles. The third kappa shape index (κ3) is 3.61. The van der Waals surface area contributed by atoms with Gasteiger partial charge in [0.1, 0.15) is 11.4 Å². The summed E-state index contributed by atoms with van der Waals surface area (Å²) in [6, 6.07) is 13.3. The van der Waals surface area contributed by atoms with Crippen molar-refractivity contribution in [2.75, 3.05) is 11.4 Å². The topological polar surface area (TPSA) is 58.6 Å². The molecule has 1 N–H and O–H groups in total. The van der Waals surface area contributed by atoms with Crippen LogP contribution < -0.4 is 15.0 Å². The zero-order chi connectivity index (χ0) is 19.9. The van der Waals surface area contributed by atoms with Crippen molar-refractivity contribution in [3.05, 3.63) is 59.2 Å². The van der Waals surface area contributed by atoms with E-state index in [4.69, 9.17) is 4.74 Å². The van der Waals surface area contributed by atoms with Gasteiger partial charge in [0, 0.05) is 36.2 Å². The lowest BCUT2D eigenvalue weighted by atomic mass is 9.88. The number of anilines is 1. The van der Waals surface area contributed by atoms with Gasteiger partial charge >= 0.3 is 0 Å². The Labute approximate surface area is 165 Å². The maximum atomic E-state index is 12.9. The van der Waals surface area contributed by atoms with Gasteiger partial charge in [-0.25, -0.2) is 0 Å². The standard InChI is InChI=1S/C23H26N2O3/c1-15-6-11-20-18(13-15)19(14-23(2,3)28-20)24-22(27)16-7-9-17(10-8-16)25-12-4-5-21(25)26/h6-11,13,19H,4-5,12,14H2,1-3H3,(H,24,27). The summed E-state index contributed by atoms with van der Waals surface area (Å²) in [7, 11) is 0. The van der Waals surface area contributed by atoms with E-state index < -0.39 is 0 Å². The molecular formula is C23H26N2O3. The minimum absolute atomic E-state index is 0.106. The van der Waals surface area contributed by atoms with Crippen molar-refractivity contribution < 1.29 is 14.3 Å². The molecule has 1 saturated heterocycles. The molecule has 5 heteroatoms. The van der Waals surface area contributed by atoms with E-state index in [-0.39, 0.29) is 23.5 Å². The van der Waals surface area contributed by atoms with Gasteiger partial charge in [0.05, 0.1) is 6.04 Å². The van der Waals surface area contributed by atoms with E-state index >= 15 is 0 Å². The number of amides is 2. The minimum Gasteiger partial charge on any atom is -0.487 e. The lowest BCUT2D eigenvalue weighted by molar-refractivity contribution is -0.117. The molecule has 2 aliphatic heterocycles. The van der Waals surface area contributed by atoms with Crippen molar-refractivity contribution in [2.45, 2.75) is 51.7 Å². The first kappa shape index (κ1) is 18.5. The Balaban J connectivity index is 1.53. The fourth-order valence-corrected chi connectivity index (χ4v) is 4.06. The molecule has 1 unspecified atom stereocenters. The van der Waals surface area contributed by atoms with E-state index in [1.54, 1.807) is 17.0 Å². The minimum atomic E-state index is -0.347. The van der Waals surface area contributed by atoms with E-state index in [0.717, 1.165) is 35.5 Å². The predicted octanol–water partition coefficient (Wildman–Crippen LogP) is 4.15. The van der Waals surface area contributed by atoms with Gasteiger partial charge in [0.15, 0.2) is 0 Å². The van der Waals surface area contributed by atoms with E-state index in [0.29, 0.717) is 18.4 Å². The Kier molecular flexibility index (Phi) is 4.61. The first-order chi connectivity index (χ1) is 13.3. The molecule has 0 saturated carbocycles. The molecule has 5 nitrogen and oxygen atoms in total. The number of nitrogens with one attached hydrogen (secondary N) is 1. The molecule has 1 fully saturated rings. The van der Waals surface area contributed by atoms with E-state index in [9.17, 15) is 9.59 Å². The number of carbonyl (C=O) groups is 2. The van der Waals surface area contributed by atoms with Crippen molar-refractivity contribution >= 4 is 17.5 Å². The van der Waals surface area contributed by atoms with Crippen LogP contribution in [0.25, 0.3) is 0 Å². The van der Waals surface area contributed by atoms with Gasteiger partial charge in [-0.2, -0.15) is 0 Å². The summed E-state index contributed by atoms with van der Waals surface area (Å²) < 4.78 is 6.09. The molecule has 28 heavy (non-hydrogen) atoms. The van der Waals surface area contributed by atoms with Crippen molar-refractivity contribution in [3.8, 4) is 5.75 Å². The molecule has 0 spiro atoms. The largest absolute Gasteiger partial charge is 0.487 e. The second-order valence-corrected chi connectivity index (χ2v) is 8.33. The first-order valence-corrected chi connectivity index (χ1v) is 9.83. The molecule has 2 aromatic carbocycles. The summed E-state index contributed by atoms with van der Waals surface area (Å²) in [5.74, 6) is 0.859. The van der Waals surface area contributed by atoms with E-state index in [1.807, 2.05) is 45.0 Å². The normalized spacial score (nSPS) is 20.5. The summed E-state index contributed by atoms with van der Waals surface area (Å²) in [6.45, 7) is 6.86. The van der Waals surface area contributed by atoms with Crippen LogP contribution in [-0.2, 0) is 4.79 Å². The summed E-state index contributed by atoms with van der Waals surface area (Å²) in [5, 5.41) is 3.17. The van der Waals surface area contributed by atoms with Crippen LogP contribution >= 0.6 is 0 Å². The molecule has 146 valence electrons. The number of ether oxygens (including phenoxy) is 1. The summed E-state index contributed by atoms with van der Waals surface area (Å²) in [6.07, 6.45) is 2.19. The Bertz CT molecular complexity index is 918. The summed E-state index contributed by atoms with van der Waals surface area (Å²) in [4.78, 5) is 26.6. The van der Waals surface area contributed by atoms with Crippen LogP contribution in [0.3, 0.4) is 0 Å². The Morgan fingerprint density at radius 3 is 2.61 bits per heavy atom. The van der Waals surface area contributed by atoms with Gasteiger partial charge < -0.3 is 15.0 Å². The maximum absolute atomic E-state index is 12.9. The first-order valence-electron chi connectivity index (χ1n) is 9.83. The van der Waals surface area contributed by atoms with Crippen LogP contribution in [0.5, 0.6) is 5.75 Å². The molecule has 1 atom stereocenters. The van der Waals surface area contributed by atoms with Crippen LogP contribution in [0, 0.1) is 6.92 Å². The van der Waals surface area contributed by atoms with Crippen molar-refractivity contribution in [3.63, 3.8) is 0 Å². The highest BCUT2D eigenvalue weighted by Gasteiger charge is 2.34. The molecule has 2 aliphatic rings. The number of fused-ring (bicyclic) bond motifs is 1. The SMILES string of the molecule is Cc1ccc2c(c1)C(NC(=O)c1ccc(N3CCCC3=O)cc1)CC(C)(C)O2. The van der Waals surface area contributed by atoms with E-state index in [2.05, 4.69) is 11.4 Å². The van der Waals surface area contributed by atoms with Crippen LogP contribution in [-0.4, -0.2) is 24.0 Å². The average molecular weight is 378 g/mol. The van der Waals surface area contributed by atoms with Crippen molar-refractivity contribution in [1.29, 1.82) is 0 Å². The Morgan fingerprint density at radius 1 is 1.18 bits per heavy atom. The number of rotatable bonds is 3. The molecule has 0 aliphatic carbocycles. The molecule has 2 heterocycles. The third-order valence-corrected chi connectivity index (χ3v) is 5.44. The Morgan fingerprint density at radius 2 is 1.93 bits per heavy atom. The van der Waals surface area contributed by atoms with Gasteiger partial charge in [-0.1, -0.05) is 17.7 Å². The molecule has 0 bridgehead atoms. The molecular weight excluding hydrogens is 352 g/mol. The van der Waals surface area contributed by atoms with Gasteiger partial charge in [0.25, 0.3) is 5.91 Å². The van der Waals surface area contributed by atoms with Crippen LogP contribution in [0.15, 0.2) is 42.5 Å². The number of benzene rings is 2. The van der Waals surface area contributed by atoms with Gasteiger partial charge in [-0.05, 0) is 57.5 Å². The van der Waals surface area contributed by atoms with Gasteiger partial charge in [-0.15, -0.1) is 0 Å². The maximum Gasteiger partial charge on any atom is 0.251 e. The average Bonchev–Trinajstić information content (AvgIpc) is 3.08. The number of hydrogen-bond acceptors (Lipinski definition) is 3. The highest BCUT2D eigenvalue weighted by Crippen LogP contribution is 2.40. The molecule has 0 radical (unpaired) electrons. The zero-order valence-corrected chi connectivity index (χ0v) is 16.6. The number of hydrogen-bond donors (Lipinski definition) is 1. The van der Waals surface area contributed by atoms with Crippen LogP contribution in [0.1, 0.15) is 60.6 Å². The highest BCUT2D eigenvalue weighted by molar-refractivity contribution is 5.97. The third-order valence-electron chi connectivity index (χ3n) is 5.44. The second-order valence-electron chi connectivity index (χ2n) is 8.33. The molecule has 4 rings (SSSR count). The number of aryl methyl sites for hydroxylation is 1. The van der Waals surface area contributed by atoms with Crippen LogP contribution in [0.2, 0.25) is 0 Å². The van der Waals surface area contributed by atoms with Crippen molar-refractivity contribution in [2.24, 2.45) is 0 Å². The fourth-order valence-electron chi connectivity index (χ4n) is 4.06. The lowest BCUT2D eigenvalue weighted by Gasteiger charge is -2.38. The van der Waals surface area contributed by atoms with Gasteiger partial charge in [0.2, 0.25) is 5.91 Å². The lowest BCUT2D eigenvalue weighted by Crippen LogP contribution is -2.41. The number of nitrogens with zero attached hydrogens (tertiary/aromatic N) is 1. The molecule has 2 aromatic rings. The van der Waals surface area contributed by atoms with E-state index in [1.165, 1.54) is 0 Å². The van der Waals surface area contributed by atoms with Gasteiger partial charge in [-0.3, -0.25) is 9.59 Å². The summed E-state index contributed by atoms with van der Waals surface area (Å²) in [5.41, 5.74) is 3.26. The Hall–Kier alpha value is -2.82. The highest BCUT2D eigenvalue weighted by atomic mass is 16.5. The number of carbonyl (C=O) groups excluding carboxylic acids is 2. The van der Waals surface area contributed by atoms with Crippen LogP contribution in [0.4, 0.5) is 5.69 Å². The van der Waals surface area contributed by atoms with Crippen molar-refractivity contribution in [1.82, 2.24) is 5.32 Å². The molecule has 2 amide bonds. The predicted molar refractivity (Wildman–Crippen MR) is 109 cm³/mol. The zero-order valence-electron chi connectivity index (χ0n) is 16.6.